The summed E-state index contributed by atoms with van der Waals surface area (Å²) in [7, 11) is -3.76. The van der Waals surface area contributed by atoms with E-state index >= 15 is 0 Å². The molecule has 1 N–H and O–H groups in total. The van der Waals surface area contributed by atoms with Gasteiger partial charge in [0.15, 0.2) is 0 Å². The minimum Gasteiger partial charge on any atom is -0.387 e. The van der Waals surface area contributed by atoms with Gasteiger partial charge in [-0.2, -0.15) is 4.31 Å². The fourth-order valence-electron chi connectivity index (χ4n) is 1.79. The van der Waals surface area contributed by atoms with Crippen molar-refractivity contribution in [2.24, 2.45) is 0 Å². The van der Waals surface area contributed by atoms with E-state index in [0.29, 0.717) is 4.47 Å². The van der Waals surface area contributed by atoms with Crippen molar-refractivity contribution in [1.29, 1.82) is 0 Å². The number of halogens is 3. The van der Waals surface area contributed by atoms with Crippen LogP contribution in [0.5, 0.6) is 0 Å². The Hall–Kier alpha value is 0.150. The summed E-state index contributed by atoms with van der Waals surface area (Å²) in [6.45, 7) is 1.65. The molecule has 1 aromatic carbocycles. The fourth-order valence-corrected chi connectivity index (χ4v) is 5.35. The van der Waals surface area contributed by atoms with Crippen molar-refractivity contribution in [3.8, 4) is 0 Å². The van der Waals surface area contributed by atoms with Gasteiger partial charge in [0.05, 0.1) is 15.6 Å². The van der Waals surface area contributed by atoms with Gasteiger partial charge in [-0.3, -0.25) is 0 Å². The van der Waals surface area contributed by atoms with E-state index in [1.807, 2.05) is 0 Å². The van der Waals surface area contributed by atoms with Gasteiger partial charge < -0.3 is 5.11 Å². The van der Waals surface area contributed by atoms with Crippen LogP contribution in [0.1, 0.15) is 6.92 Å². The van der Waals surface area contributed by atoms with Crippen LogP contribution in [0.15, 0.2) is 21.5 Å². The van der Waals surface area contributed by atoms with Crippen LogP contribution in [0.2, 0.25) is 10.0 Å². The van der Waals surface area contributed by atoms with E-state index in [1.165, 1.54) is 12.1 Å². The Balaban J connectivity index is 2.44. The molecule has 0 unspecified atom stereocenters. The molecule has 0 amide bonds. The standard InChI is InChI=1S/C10H10BrCl2NO3S/c1-10(15)4-14(5-10)18(16,17)9-7(12)2-6(11)3-8(9)13/h2-3,15H,4-5H2,1H3. The third-order valence-corrected chi connectivity index (χ3v) is 5.77. The lowest BCUT2D eigenvalue weighted by atomic mass is 10.0. The summed E-state index contributed by atoms with van der Waals surface area (Å²) in [5.41, 5.74) is -0.985. The molecule has 0 radical (unpaired) electrons. The maximum atomic E-state index is 12.3. The van der Waals surface area contributed by atoms with Crippen LogP contribution in [-0.2, 0) is 10.0 Å². The molecule has 4 nitrogen and oxygen atoms in total. The second-order valence-corrected chi connectivity index (χ2v) is 8.07. The van der Waals surface area contributed by atoms with E-state index in [4.69, 9.17) is 23.2 Å². The van der Waals surface area contributed by atoms with E-state index in [0.717, 1.165) is 4.31 Å². The number of aliphatic hydroxyl groups is 1. The molecule has 0 aliphatic carbocycles. The van der Waals surface area contributed by atoms with E-state index in [9.17, 15) is 13.5 Å². The molecule has 0 bridgehead atoms. The zero-order valence-corrected chi connectivity index (χ0v) is 13.2. The van der Waals surface area contributed by atoms with Crippen molar-refractivity contribution < 1.29 is 13.5 Å². The minimum atomic E-state index is -3.76. The first-order valence-electron chi connectivity index (χ1n) is 5.00. The quantitative estimate of drug-likeness (QED) is 0.865. The van der Waals surface area contributed by atoms with Crippen molar-refractivity contribution in [1.82, 2.24) is 4.31 Å². The molecule has 1 heterocycles. The Bertz CT molecular complexity index is 572. The van der Waals surface area contributed by atoms with Gasteiger partial charge in [-0.05, 0) is 19.1 Å². The van der Waals surface area contributed by atoms with Gasteiger partial charge in [0, 0.05) is 17.6 Å². The predicted molar refractivity (Wildman–Crippen MR) is 73.5 cm³/mol. The molecular formula is C10H10BrCl2NO3S. The van der Waals surface area contributed by atoms with Gasteiger partial charge in [0.1, 0.15) is 4.90 Å². The zero-order chi connectivity index (χ0) is 13.7. The van der Waals surface area contributed by atoms with Crippen molar-refractivity contribution in [3.63, 3.8) is 0 Å². The van der Waals surface area contributed by atoms with Crippen LogP contribution < -0.4 is 0 Å². The molecular weight excluding hydrogens is 365 g/mol. The van der Waals surface area contributed by atoms with Gasteiger partial charge in [-0.1, -0.05) is 39.1 Å². The summed E-state index contributed by atoms with van der Waals surface area (Å²) >= 11 is 15.0. The summed E-state index contributed by atoms with van der Waals surface area (Å²) in [6, 6.07) is 2.94. The summed E-state index contributed by atoms with van der Waals surface area (Å²) < 4.78 is 26.3. The summed E-state index contributed by atoms with van der Waals surface area (Å²) in [5.74, 6) is 0. The Morgan fingerprint density at radius 3 is 2.17 bits per heavy atom. The van der Waals surface area contributed by atoms with Gasteiger partial charge in [-0.25, -0.2) is 8.42 Å². The second-order valence-electron chi connectivity index (χ2n) is 4.47. The number of hydrogen-bond acceptors (Lipinski definition) is 3. The molecule has 1 aliphatic heterocycles. The highest BCUT2D eigenvalue weighted by Crippen LogP contribution is 2.37. The van der Waals surface area contributed by atoms with Gasteiger partial charge in [0.2, 0.25) is 10.0 Å². The summed E-state index contributed by atoms with van der Waals surface area (Å²) in [5, 5.41) is 9.71. The van der Waals surface area contributed by atoms with Crippen molar-refractivity contribution in [2.45, 2.75) is 17.4 Å². The number of hydrogen-bond donors (Lipinski definition) is 1. The zero-order valence-electron chi connectivity index (χ0n) is 9.32. The van der Waals surface area contributed by atoms with E-state index in [2.05, 4.69) is 15.9 Å². The molecule has 2 rings (SSSR count). The molecule has 1 saturated heterocycles. The monoisotopic (exact) mass is 373 g/mol. The lowest BCUT2D eigenvalue weighted by Crippen LogP contribution is -2.61. The molecule has 1 aliphatic rings. The van der Waals surface area contributed by atoms with Crippen LogP contribution in [0.25, 0.3) is 0 Å². The Kier molecular flexibility index (Phi) is 3.73. The molecule has 8 heteroatoms. The molecule has 100 valence electrons. The highest BCUT2D eigenvalue weighted by molar-refractivity contribution is 9.10. The molecule has 0 spiro atoms. The van der Waals surface area contributed by atoms with Crippen LogP contribution in [0.3, 0.4) is 0 Å². The third kappa shape index (κ3) is 2.55. The fraction of sp³-hybridized carbons (Fsp3) is 0.400. The van der Waals surface area contributed by atoms with Crippen LogP contribution >= 0.6 is 39.1 Å². The average Bonchev–Trinajstić information content (AvgIpc) is 2.11. The number of β-amino-alcohol motifs (C(OH)–C–C–N with tert-alkyl or cyclic N) is 1. The summed E-state index contributed by atoms with van der Waals surface area (Å²) in [6.07, 6.45) is 0. The van der Waals surface area contributed by atoms with E-state index in [-0.39, 0.29) is 28.0 Å². The third-order valence-electron chi connectivity index (χ3n) is 2.59. The van der Waals surface area contributed by atoms with Gasteiger partial charge in [-0.15, -0.1) is 0 Å². The van der Waals surface area contributed by atoms with Gasteiger partial charge in [0.25, 0.3) is 0 Å². The Morgan fingerprint density at radius 2 is 1.78 bits per heavy atom. The number of benzene rings is 1. The van der Waals surface area contributed by atoms with E-state index < -0.39 is 15.6 Å². The number of nitrogens with zero attached hydrogens (tertiary/aromatic N) is 1. The first kappa shape index (κ1) is 14.6. The lowest BCUT2D eigenvalue weighted by Gasteiger charge is -2.43. The molecule has 0 saturated carbocycles. The number of sulfonamides is 1. The maximum absolute atomic E-state index is 12.3. The number of rotatable bonds is 2. The van der Waals surface area contributed by atoms with Crippen molar-refractivity contribution in [2.75, 3.05) is 13.1 Å². The second kappa shape index (κ2) is 4.61. The molecule has 0 aromatic heterocycles. The van der Waals surface area contributed by atoms with Crippen molar-refractivity contribution in [3.05, 3.63) is 26.7 Å². The predicted octanol–water partition coefficient (Wildman–Crippen LogP) is 2.51. The molecule has 1 aromatic rings. The normalized spacial score (nSPS) is 19.6. The van der Waals surface area contributed by atoms with Crippen LogP contribution in [0, 0.1) is 0 Å². The largest absolute Gasteiger partial charge is 0.387 e. The topological polar surface area (TPSA) is 57.6 Å². The first-order valence-corrected chi connectivity index (χ1v) is 7.99. The van der Waals surface area contributed by atoms with Crippen LogP contribution in [0.4, 0.5) is 0 Å². The first-order chi connectivity index (χ1) is 8.13. The smallest absolute Gasteiger partial charge is 0.246 e. The highest BCUT2D eigenvalue weighted by Gasteiger charge is 2.45. The van der Waals surface area contributed by atoms with E-state index in [1.54, 1.807) is 6.92 Å². The Labute approximate surface area is 124 Å². The Morgan fingerprint density at radius 1 is 1.33 bits per heavy atom. The molecule has 0 atom stereocenters. The lowest BCUT2D eigenvalue weighted by molar-refractivity contribution is -0.0426. The average molecular weight is 375 g/mol. The highest BCUT2D eigenvalue weighted by atomic mass is 79.9. The minimum absolute atomic E-state index is 0.0397. The molecule has 1 fully saturated rings. The van der Waals surface area contributed by atoms with Gasteiger partial charge >= 0.3 is 0 Å². The maximum Gasteiger partial charge on any atom is 0.246 e. The molecule has 18 heavy (non-hydrogen) atoms. The van der Waals surface area contributed by atoms with Crippen LogP contribution in [-0.4, -0.2) is 36.5 Å². The van der Waals surface area contributed by atoms with Crippen molar-refractivity contribution >= 4 is 49.2 Å². The summed E-state index contributed by atoms with van der Waals surface area (Å²) in [4.78, 5) is -0.121. The SMILES string of the molecule is CC1(O)CN(S(=O)(=O)c2c(Cl)cc(Br)cc2Cl)C1.